The number of hydrogen-bond acceptors (Lipinski definition) is 5. The van der Waals surface area contributed by atoms with Crippen LogP contribution in [0.4, 0.5) is 0 Å². The molecule has 1 aliphatic rings. The largest absolute Gasteiger partial charge is 0.496 e. The number of ether oxygens (including phenoxy) is 1. The van der Waals surface area contributed by atoms with Crippen LogP contribution in [-0.4, -0.2) is 38.8 Å². The number of aromatic nitrogens is 1. The summed E-state index contributed by atoms with van der Waals surface area (Å²) in [6.45, 7) is -0.311. The lowest BCUT2D eigenvalue weighted by Gasteiger charge is -2.16. The summed E-state index contributed by atoms with van der Waals surface area (Å²) in [4.78, 5) is 15.5. The van der Waals surface area contributed by atoms with Gasteiger partial charge in [0.2, 0.25) is 10.0 Å². The standard InChI is InChI=1S/C21H22N2O5S/c1-28-18-10-9-17-20(15-3-2-4-16(15)21(25)23-17)19(18)13-5-7-14(8-6-13)29(26,27)22-11-12-24/h5-10,22,24H,2-4,11-12H2,1H3,(H,23,25). The van der Waals surface area contributed by atoms with Crippen molar-refractivity contribution >= 4 is 20.9 Å². The van der Waals surface area contributed by atoms with Crippen LogP contribution >= 0.6 is 0 Å². The molecule has 0 saturated heterocycles. The van der Waals surface area contributed by atoms with Gasteiger partial charge < -0.3 is 14.8 Å². The van der Waals surface area contributed by atoms with E-state index in [0.29, 0.717) is 5.75 Å². The molecule has 1 aliphatic carbocycles. The van der Waals surface area contributed by atoms with E-state index in [2.05, 4.69) is 9.71 Å². The summed E-state index contributed by atoms with van der Waals surface area (Å²) in [6, 6.07) is 10.2. The number of aliphatic hydroxyl groups excluding tert-OH is 1. The van der Waals surface area contributed by atoms with Gasteiger partial charge in [-0.3, -0.25) is 4.79 Å². The predicted molar refractivity (Wildman–Crippen MR) is 111 cm³/mol. The smallest absolute Gasteiger partial charge is 0.251 e. The van der Waals surface area contributed by atoms with Crippen molar-refractivity contribution in [3.8, 4) is 16.9 Å². The van der Waals surface area contributed by atoms with E-state index in [1.165, 1.54) is 12.1 Å². The third kappa shape index (κ3) is 3.43. The highest BCUT2D eigenvalue weighted by molar-refractivity contribution is 7.89. The maximum atomic E-state index is 12.4. The Labute approximate surface area is 168 Å². The van der Waals surface area contributed by atoms with Gasteiger partial charge in [-0.05, 0) is 54.7 Å². The second kappa shape index (κ2) is 7.62. The molecule has 8 heteroatoms. The average molecular weight is 414 g/mol. The van der Waals surface area contributed by atoms with E-state index < -0.39 is 10.0 Å². The van der Waals surface area contributed by atoms with E-state index in [1.54, 1.807) is 19.2 Å². The second-order valence-electron chi connectivity index (χ2n) is 6.98. The van der Waals surface area contributed by atoms with Crippen molar-refractivity contribution in [3.63, 3.8) is 0 Å². The van der Waals surface area contributed by atoms with Crippen LogP contribution < -0.4 is 15.0 Å². The van der Waals surface area contributed by atoms with E-state index in [9.17, 15) is 13.2 Å². The van der Waals surface area contributed by atoms with Crippen LogP contribution in [0.2, 0.25) is 0 Å². The highest BCUT2D eigenvalue weighted by atomic mass is 32.2. The van der Waals surface area contributed by atoms with Gasteiger partial charge in [0.1, 0.15) is 5.75 Å². The quantitative estimate of drug-likeness (QED) is 0.571. The number of H-pyrrole nitrogens is 1. The number of sulfonamides is 1. The molecule has 3 N–H and O–H groups in total. The van der Waals surface area contributed by atoms with Gasteiger partial charge in [0.25, 0.3) is 5.56 Å². The van der Waals surface area contributed by atoms with E-state index in [0.717, 1.165) is 52.4 Å². The maximum Gasteiger partial charge on any atom is 0.251 e. The second-order valence-corrected chi connectivity index (χ2v) is 8.74. The fourth-order valence-corrected chi connectivity index (χ4v) is 5.01. The minimum atomic E-state index is -3.68. The monoisotopic (exact) mass is 414 g/mol. The predicted octanol–water partition coefficient (Wildman–Crippen LogP) is 1.96. The van der Waals surface area contributed by atoms with Crippen molar-refractivity contribution in [1.29, 1.82) is 0 Å². The van der Waals surface area contributed by atoms with Crippen LogP contribution in [-0.2, 0) is 22.9 Å². The number of rotatable bonds is 6. The Balaban J connectivity index is 1.90. The van der Waals surface area contributed by atoms with Crippen LogP contribution in [0.25, 0.3) is 22.0 Å². The van der Waals surface area contributed by atoms with Crippen LogP contribution in [0.15, 0.2) is 46.1 Å². The molecule has 0 bridgehead atoms. The van der Waals surface area contributed by atoms with Gasteiger partial charge in [0.15, 0.2) is 0 Å². The first-order valence-electron chi connectivity index (χ1n) is 9.42. The summed E-state index contributed by atoms with van der Waals surface area (Å²) in [7, 11) is -2.09. The lowest BCUT2D eigenvalue weighted by molar-refractivity contribution is 0.301. The van der Waals surface area contributed by atoms with Gasteiger partial charge in [0.05, 0.1) is 18.6 Å². The molecule has 3 aromatic rings. The minimum absolute atomic E-state index is 0.0409. The summed E-state index contributed by atoms with van der Waals surface area (Å²) < 4.78 is 32.5. The lowest BCUT2D eigenvalue weighted by atomic mass is 9.94. The van der Waals surface area contributed by atoms with Gasteiger partial charge in [0, 0.05) is 28.6 Å². The summed E-state index contributed by atoms with van der Waals surface area (Å²) in [5, 5.41) is 9.81. The Morgan fingerprint density at radius 1 is 1.10 bits per heavy atom. The summed E-state index contributed by atoms with van der Waals surface area (Å²) in [5.41, 5.74) is 4.20. The van der Waals surface area contributed by atoms with Gasteiger partial charge in [-0.2, -0.15) is 0 Å². The number of nitrogens with one attached hydrogen (secondary N) is 2. The molecule has 0 radical (unpaired) electrons. The Kier molecular flexibility index (Phi) is 5.16. The Morgan fingerprint density at radius 2 is 1.83 bits per heavy atom. The molecule has 29 heavy (non-hydrogen) atoms. The molecule has 152 valence electrons. The Morgan fingerprint density at radius 3 is 2.52 bits per heavy atom. The number of aliphatic hydroxyl groups is 1. The first kappa shape index (κ1) is 19.6. The van der Waals surface area contributed by atoms with Crippen LogP contribution in [0.3, 0.4) is 0 Å². The van der Waals surface area contributed by atoms with Crippen LogP contribution in [0, 0.1) is 0 Å². The van der Waals surface area contributed by atoms with Crippen molar-refractivity contribution < 1.29 is 18.3 Å². The molecule has 0 aliphatic heterocycles. The number of aromatic amines is 1. The summed E-state index contributed by atoms with van der Waals surface area (Å²) >= 11 is 0. The highest BCUT2D eigenvalue weighted by Crippen LogP contribution is 2.40. The molecule has 2 aromatic carbocycles. The SMILES string of the molecule is COc1ccc2[nH]c(=O)c3c(c2c1-c1ccc(S(=O)(=O)NCCO)cc1)CCC3. The normalized spacial score (nSPS) is 13.6. The van der Waals surface area contributed by atoms with Crippen molar-refractivity contribution in [2.45, 2.75) is 24.2 Å². The van der Waals surface area contributed by atoms with E-state index in [1.807, 2.05) is 12.1 Å². The lowest BCUT2D eigenvalue weighted by Crippen LogP contribution is -2.26. The van der Waals surface area contributed by atoms with Crippen molar-refractivity contribution in [1.82, 2.24) is 9.71 Å². The molecule has 0 spiro atoms. The zero-order chi connectivity index (χ0) is 20.6. The Hall–Kier alpha value is -2.68. The molecule has 4 rings (SSSR count). The molecule has 0 fully saturated rings. The van der Waals surface area contributed by atoms with Crippen molar-refractivity contribution in [2.24, 2.45) is 0 Å². The molecule has 0 amide bonds. The third-order valence-electron chi connectivity index (χ3n) is 5.29. The average Bonchev–Trinajstić information content (AvgIpc) is 3.22. The van der Waals surface area contributed by atoms with E-state index in [-0.39, 0.29) is 23.6 Å². The first-order chi connectivity index (χ1) is 14.0. The van der Waals surface area contributed by atoms with E-state index >= 15 is 0 Å². The summed E-state index contributed by atoms with van der Waals surface area (Å²) in [5.74, 6) is 0.660. The zero-order valence-corrected chi connectivity index (χ0v) is 16.8. The fourth-order valence-electron chi connectivity index (χ4n) is 3.99. The molecule has 0 atom stereocenters. The minimum Gasteiger partial charge on any atom is -0.496 e. The maximum absolute atomic E-state index is 12.4. The van der Waals surface area contributed by atoms with Crippen molar-refractivity contribution in [2.75, 3.05) is 20.3 Å². The Bertz CT molecular complexity index is 1230. The number of hydrogen-bond donors (Lipinski definition) is 3. The summed E-state index contributed by atoms with van der Waals surface area (Å²) in [6.07, 6.45) is 2.51. The molecular formula is C21H22N2O5S. The van der Waals surface area contributed by atoms with Crippen molar-refractivity contribution in [3.05, 3.63) is 57.9 Å². The molecule has 0 saturated carbocycles. The zero-order valence-electron chi connectivity index (χ0n) is 16.0. The molecule has 0 unspecified atom stereocenters. The molecule has 7 nitrogen and oxygen atoms in total. The number of benzene rings is 2. The highest BCUT2D eigenvalue weighted by Gasteiger charge is 2.23. The molecule has 1 aromatic heterocycles. The molecule has 1 heterocycles. The van der Waals surface area contributed by atoms with Gasteiger partial charge in [-0.25, -0.2) is 13.1 Å². The van der Waals surface area contributed by atoms with Crippen LogP contribution in [0.5, 0.6) is 5.75 Å². The third-order valence-corrected chi connectivity index (χ3v) is 6.76. The van der Waals surface area contributed by atoms with Crippen LogP contribution in [0.1, 0.15) is 17.5 Å². The fraction of sp³-hybridized carbons (Fsp3) is 0.286. The topological polar surface area (TPSA) is 108 Å². The first-order valence-corrected chi connectivity index (χ1v) is 10.9. The van der Waals surface area contributed by atoms with Gasteiger partial charge in [-0.1, -0.05) is 12.1 Å². The van der Waals surface area contributed by atoms with E-state index in [4.69, 9.17) is 9.84 Å². The van der Waals surface area contributed by atoms with Gasteiger partial charge in [-0.15, -0.1) is 0 Å². The number of methoxy groups -OCH3 is 1. The number of aryl methyl sites for hydroxylation is 1. The van der Waals surface area contributed by atoms with Gasteiger partial charge >= 0.3 is 0 Å². The molecular weight excluding hydrogens is 392 g/mol. The number of pyridine rings is 1. The number of fused-ring (bicyclic) bond motifs is 3.